The molecule has 0 saturated carbocycles. The number of carbonyl (C=O) groups is 2. The highest BCUT2D eigenvalue weighted by atomic mass is 35.5. The molecule has 1 atom stereocenters. The molecule has 1 aliphatic rings. The van der Waals surface area contributed by atoms with Crippen molar-refractivity contribution in [2.75, 3.05) is 29.9 Å². The fourth-order valence-corrected chi connectivity index (χ4v) is 4.73. The maximum absolute atomic E-state index is 13.6. The van der Waals surface area contributed by atoms with E-state index in [9.17, 15) is 9.59 Å². The minimum atomic E-state index is -0.176. The van der Waals surface area contributed by atoms with Crippen molar-refractivity contribution in [2.24, 2.45) is 0 Å². The minimum Gasteiger partial charge on any atom is -0.372 e. The quantitative estimate of drug-likeness (QED) is 0.338. The number of aryl methyl sites for hydroxylation is 1. The average Bonchev–Trinajstić information content (AvgIpc) is 3.06. The Labute approximate surface area is 224 Å². The summed E-state index contributed by atoms with van der Waals surface area (Å²) in [6.45, 7) is 8.05. The maximum Gasteiger partial charge on any atom is 0.258 e. The number of carbonyl (C=O) groups excluding carboxylic acids is 2. The monoisotopic (exact) mass is 519 g/mol. The topological polar surface area (TPSA) is 70.7 Å². The van der Waals surface area contributed by atoms with Gasteiger partial charge in [0.25, 0.3) is 11.8 Å². The maximum atomic E-state index is 13.6. The van der Waals surface area contributed by atoms with E-state index in [-0.39, 0.29) is 17.9 Å². The Kier molecular flexibility index (Phi) is 8.98. The van der Waals surface area contributed by atoms with Crippen molar-refractivity contribution in [2.45, 2.75) is 45.8 Å². The molecule has 1 heterocycles. The van der Waals surface area contributed by atoms with Crippen molar-refractivity contribution in [1.82, 2.24) is 5.32 Å². The van der Waals surface area contributed by atoms with Gasteiger partial charge in [0.05, 0.1) is 12.7 Å². The molecule has 0 spiro atoms. The molecular formula is C30H34ClN3O3. The van der Waals surface area contributed by atoms with Crippen molar-refractivity contribution in [3.05, 3.63) is 94.0 Å². The smallest absolute Gasteiger partial charge is 0.258 e. The van der Waals surface area contributed by atoms with Crippen LogP contribution in [0.15, 0.2) is 66.7 Å². The number of ether oxygens (including phenoxy) is 1. The lowest BCUT2D eigenvalue weighted by Crippen LogP contribution is -2.31. The van der Waals surface area contributed by atoms with Crippen LogP contribution in [0.3, 0.4) is 0 Å². The Morgan fingerprint density at radius 2 is 1.84 bits per heavy atom. The summed E-state index contributed by atoms with van der Waals surface area (Å²) in [5.74, 6) is -0.271. The first-order valence-corrected chi connectivity index (χ1v) is 13.1. The van der Waals surface area contributed by atoms with Crippen molar-refractivity contribution in [3.63, 3.8) is 0 Å². The third kappa shape index (κ3) is 6.77. The molecule has 3 aromatic rings. The number of fused-ring (bicyclic) bond motifs is 1. The summed E-state index contributed by atoms with van der Waals surface area (Å²) < 4.78 is 6.23. The Morgan fingerprint density at radius 3 is 2.57 bits per heavy atom. The summed E-state index contributed by atoms with van der Waals surface area (Å²) in [6, 6.07) is 20.5. The van der Waals surface area contributed by atoms with Gasteiger partial charge < -0.3 is 20.3 Å². The van der Waals surface area contributed by atoms with Gasteiger partial charge in [-0.3, -0.25) is 9.59 Å². The summed E-state index contributed by atoms with van der Waals surface area (Å²) in [5.41, 5.74) is 4.48. The van der Waals surface area contributed by atoms with E-state index in [4.69, 9.17) is 16.3 Å². The number of nitrogens with one attached hydrogen (secondary N) is 2. The Morgan fingerprint density at radius 1 is 1.08 bits per heavy atom. The summed E-state index contributed by atoms with van der Waals surface area (Å²) in [6.07, 6.45) is 1.49. The van der Waals surface area contributed by atoms with E-state index >= 15 is 0 Å². The summed E-state index contributed by atoms with van der Waals surface area (Å²) in [4.78, 5) is 28.1. The summed E-state index contributed by atoms with van der Waals surface area (Å²) in [5, 5.41) is 6.91. The molecule has 0 fully saturated rings. The number of hydrogen-bond acceptors (Lipinski definition) is 4. The fraction of sp³-hybridized carbons (Fsp3) is 0.333. The normalized spacial score (nSPS) is 15.3. The van der Waals surface area contributed by atoms with E-state index in [1.54, 1.807) is 30.3 Å². The van der Waals surface area contributed by atoms with Crippen LogP contribution in [-0.2, 0) is 4.74 Å². The molecule has 1 unspecified atom stereocenters. The number of halogens is 1. The average molecular weight is 520 g/mol. The first-order valence-electron chi connectivity index (χ1n) is 12.8. The second kappa shape index (κ2) is 12.4. The fourth-order valence-electron chi connectivity index (χ4n) is 4.55. The van der Waals surface area contributed by atoms with Crippen molar-refractivity contribution in [3.8, 4) is 0 Å². The van der Waals surface area contributed by atoms with Crippen molar-refractivity contribution < 1.29 is 14.3 Å². The van der Waals surface area contributed by atoms with Crippen LogP contribution in [0.25, 0.3) is 0 Å². The van der Waals surface area contributed by atoms with Gasteiger partial charge in [-0.2, -0.15) is 0 Å². The number of nitrogens with zero attached hydrogens (tertiary/aromatic N) is 1. The first kappa shape index (κ1) is 26.9. The van der Waals surface area contributed by atoms with Crippen LogP contribution >= 0.6 is 11.6 Å². The van der Waals surface area contributed by atoms with Gasteiger partial charge in [-0.05, 0) is 73.9 Å². The molecule has 0 aromatic heterocycles. The molecule has 6 nitrogen and oxygen atoms in total. The van der Waals surface area contributed by atoms with E-state index in [2.05, 4.69) is 24.5 Å². The van der Waals surface area contributed by atoms with E-state index in [0.717, 1.165) is 36.2 Å². The second-order valence-electron chi connectivity index (χ2n) is 9.62. The lowest BCUT2D eigenvalue weighted by atomic mass is 10.0. The Bertz CT molecular complexity index is 1240. The lowest BCUT2D eigenvalue weighted by molar-refractivity contribution is 0.0485. The number of benzene rings is 3. The molecule has 2 amide bonds. The van der Waals surface area contributed by atoms with Crippen LogP contribution in [0.4, 0.5) is 11.4 Å². The van der Waals surface area contributed by atoms with E-state index in [1.165, 1.54) is 0 Å². The number of anilines is 2. The van der Waals surface area contributed by atoms with E-state index in [1.807, 2.05) is 48.2 Å². The molecule has 7 heteroatoms. The zero-order valence-corrected chi connectivity index (χ0v) is 22.3. The largest absolute Gasteiger partial charge is 0.372 e. The molecule has 0 bridgehead atoms. The molecular weight excluding hydrogens is 486 g/mol. The number of rotatable bonds is 8. The van der Waals surface area contributed by atoms with Gasteiger partial charge in [0.1, 0.15) is 0 Å². The van der Waals surface area contributed by atoms with Gasteiger partial charge in [0.2, 0.25) is 0 Å². The summed E-state index contributed by atoms with van der Waals surface area (Å²) in [7, 11) is 0. The molecule has 0 saturated heterocycles. The van der Waals surface area contributed by atoms with Gasteiger partial charge in [0.15, 0.2) is 0 Å². The van der Waals surface area contributed by atoms with Gasteiger partial charge in [-0.15, -0.1) is 0 Å². The SMILES string of the molecule is Cc1ccccc1C(=O)Nc1ccc(C(=O)N2CCCC(OCCNC(C)C)c3cc(Cl)ccc32)cc1. The van der Waals surface area contributed by atoms with Crippen LogP contribution in [0.2, 0.25) is 5.02 Å². The molecule has 1 aliphatic heterocycles. The first-order chi connectivity index (χ1) is 17.8. The van der Waals surface area contributed by atoms with Gasteiger partial charge in [-0.25, -0.2) is 0 Å². The third-order valence-electron chi connectivity index (χ3n) is 6.47. The van der Waals surface area contributed by atoms with Gasteiger partial charge in [-0.1, -0.05) is 43.6 Å². The zero-order chi connectivity index (χ0) is 26.4. The standard InChI is InChI=1S/C30H34ClN3O3/c1-20(2)32-16-18-37-28-9-6-17-34(27-15-12-23(31)19-26(27)28)30(36)22-10-13-24(14-11-22)33-29(35)25-8-5-4-7-21(25)3/h4-5,7-8,10-15,19-20,28,32H,6,9,16-18H2,1-3H3,(H,33,35). The predicted molar refractivity (Wildman–Crippen MR) is 150 cm³/mol. The van der Waals surface area contributed by atoms with Gasteiger partial charge >= 0.3 is 0 Å². The molecule has 3 aromatic carbocycles. The molecule has 2 N–H and O–H groups in total. The highest BCUT2D eigenvalue weighted by molar-refractivity contribution is 6.30. The lowest BCUT2D eigenvalue weighted by Gasteiger charge is -2.25. The second-order valence-corrected chi connectivity index (χ2v) is 10.1. The van der Waals surface area contributed by atoms with E-state index in [0.29, 0.717) is 41.0 Å². The van der Waals surface area contributed by atoms with Crippen LogP contribution < -0.4 is 15.5 Å². The molecule has 0 aliphatic carbocycles. The molecule has 4 rings (SSSR count). The van der Waals surface area contributed by atoms with Gasteiger partial charge in [0, 0.05) is 52.2 Å². The molecule has 194 valence electrons. The van der Waals surface area contributed by atoms with Crippen LogP contribution in [0.1, 0.15) is 64.6 Å². The Balaban J connectivity index is 1.49. The highest BCUT2D eigenvalue weighted by Gasteiger charge is 2.28. The number of hydrogen-bond donors (Lipinski definition) is 2. The van der Waals surface area contributed by atoms with Crippen molar-refractivity contribution >= 4 is 34.8 Å². The molecule has 37 heavy (non-hydrogen) atoms. The summed E-state index contributed by atoms with van der Waals surface area (Å²) >= 11 is 6.35. The van der Waals surface area contributed by atoms with E-state index < -0.39 is 0 Å². The van der Waals surface area contributed by atoms with Crippen LogP contribution in [-0.4, -0.2) is 37.6 Å². The van der Waals surface area contributed by atoms with Crippen molar-refractivity contribution in [1.29, 1.82) is 0 Å². The predicted octanol–water partition coefficient (Wildman–Crippen LogP) is 6.40. The number of amides is 2. The minimum absolute atomic E-state index is 0.0949. The highest BCUT2D eigenvalue weighted by Crippen LogP contribution is 2.37. The Hall–Kier alpha value is -3.19. The zero-order valence-electron chi connectivity index (χ0n) is 21.6. The van der Waals surface area contributed by atoms with Crippen LogP contribution in [0.5, 0.6) is 0 Å². The van der Waals surface area contributed by atoms with Crippen LogP contribution in [0, 0.1) is 6.92 Å². The third-order valence-corrected chi connectivity index (χ3v) is 6.71. The molecule has 0 radical (unpaired) electrons.